The molecule has 20 heavy (non-hydrogen) atoms. The van der Waals surface area contributed by atoms with Gasteiger partial charge in [-0.05, 0) is 30.3 Å². The summed E-state index contributed by atoms with van der Waals surface area (Å²) in [6, 6.07) is 7.10. The van der Waals surface area contributed by atoms with Crippen molar-refractivity contribution in [1.82, 2.24) is 5.32 Å². The number of rotatable bonds is 5. The van der Waals surface area contributed by atoms with Gasteiger partial charge >= 0.3 is 0 Å². The summed E-state index contributed by atoms with van der Waals surface area (Å²) < 4.78 is 23.4. The van der Waals surface area contributed by atoms with Gasteiger partial charge in [0.05, 0.1) is 23.4 Å². The minimum absolute atomic E-state index is 0.0643. The number of nitrogens with one attached hydrogen (secondary N) is 1. The maximum absolute atomic E-state index is 12.9. The van der Waals surface area contributed by atoms with Crippen molar-refractivity contribution >= 4 is 17.5 Å². The van der Waals surface area contributed by atoms with E-state index in [4.69, 9.17) is 20.8 Å². The number of furan rings is 1. The van der Waals surface area contributed by atoms with Crippen LogP contribution in [0.1, 0.15) is 22.2 Å². The molecule has 1 amide bonds. The molecule has 4 nitrogen and oxygen atoms in total. The Morgan fingerprint density at radius 3 is 2.90 bits per heavy atom. The lowest BCUT2D eigenvalue weighted by molar-refractivity contribution is 0.0738. The minimum Gasteiger partial charge on any atom is -0.467 e. The maximum Gasteiger partial charge on any atom is 0.252 e. The predicted octanol–water partition coefficient (Wildman–Crippen LogP) is 3.19. The Morgan fingerprint density at radius 1 is 1.50 bits per heavy atom. The van der Waals surface area contributed by atoms with E-state index < -0.39 is 17.8 Å². The standard InChI is InChI=1S/C14H13ClFNO3/c1-19-13(12-3-2-6-20-12)8-17-14(18)10-5-4-9(16)7-11(10)15/h2-7,13H,8H2,1H3,(H,17,18)/t13-/m1/s1. The molecule has 0 saturated carbocycles. The Hall–Kier alpha value is -1.85. The summed E-state index contributed by atoms with van der Waals surface area (Å²) in [6.07, 6.45) is 1.13. The number of amides is 1. The normalized spacial score (nSPS) is 12.2. The third-order valence-electron chi connectivity index (χ3n) is 2.77. The monoisotopic (exact) mass is 297 g/mol. The van der Waals surface area contributed by atoms with Gasteiger partial charge in [0, 0.05) is 7.11 Å². The van der Waals surface area contributed by atoms with Crippen LogP contribution in [0.25, 0.3) is 0 Å². The second-order valence-corrected chi connectivity index (χ2v) is 4.48. The number of halogens is 2. The Balaban J connectivity index is 2.01. The van der Waals surface area contributed by atoms with Crippen molar-refractivity contribution in [2.24, 2.45) is 0 Å². The van der Waals surface area contributed by atoms with Crippen LogP contribution in [0, 0.1) is 5.82 Å². The number of hydrogen-bond acceptors (Lipinski definition) is 3. The van der Waals surface area contributed by atoms with Gasteiger partial charge in [-0.2, -0.15) is 0 Å². The first-order chi connectivity index (χ1) is 9.61. The molecule has 0 unspecified atom stereocenters. The first kappa shape index (κ1) is 14.6. The Labute approximate surface area is 120 Å². The van der Waals surface area contributed by atoms with E-state index in [9.17, 15) is 9.18 Å². The smallest absolute Gasteiger partial charge is 0.252 e. The highest BCUT2D eigenvalue weighted by atomic mass is 35.5. The first-order valence-electron chi connectivity index (χ1n) is 5.91. The fourth-order valence-corrected chi connectivity index (χ4v) is 1.98. The lowest BCUT2D eigenvalue weighted by Gasteiger charge is -2.14. The summed E-state index contributed by atoms with van der Waals surface area (Å²) in [7, 11) is 1.52. The molecular weight excluding hydrogens is 285 g/mol. The van der Waals surface area contributed by atoms with Crippen LogP contribution in [0.4, 0.5) is 4.39 Å². The molecule has 0 aliphatic heterocycles. The second-order valence-electron chi connectivity index (χ2n) is 4.07. The van der Waals surface area contributed by atoms with E-state index in [0.717, 1.165) is 6.07 Å². The average Bonchev–Trinajstić information content (AvgIpc) is 2.93. The van der Waals surface area contributed by atoms with Crippen LogP contribution in [0.3, 0.4) is 0 Å². The zero-order valence-corrected chi connectivity index (χ0v) is 11.5. The quantitative estimate of drug-likeness (QED) is 0.922. The van der Waals surface area contributed by atoms with Crippen LogP contribution in [0.5, 0.6) is 0 Å². The molecule has 0 spiro atoms. The molecule has 1 atom stereocenters. The molecule has 2 rings (SSSR count). The Bertz CT molecular complexity index is 586. The van der Waals surface area contributed by atoms with Crippen LogP contribution >= 0.6 is 11.6 Å². The van der Waals surface area contributed by atoms with Crippen molar-refractivity contribution in [3.8, 4) is 0 Å². The van der Waals surface area contributed by atoms with Gasteiger partial charge in [0.15, 0.2) is 0 Å². The van der Waals surface area contributed by atoms with Gasteiger partial charge in [-0.25, -0.2) is 4.39 Å². The molecule has 1 heterocycles. The third kappa shape index (κ3) is 3.37. The van der Waals surface area contributed by atoms with Crippen molar-refractivity contribution in [2.45, 2.75) is 6.10 Å². The minimum atomic E-state index is -0.489. The van der Waals surface area contributed by atoms with Gasteiger partial charge < -0.3 is 14.5 Å². The lowest BCUT2D eigenvalue weighted by Crippen LogP contribution is -2.29. The van der Waals surface area contributed by atoms with E-state index >= 15 is 0 Å². The molecule has 1 N–H and O–H groups in total. The zero-order chi connectivity index (χ0) is 14.5. The molecule has 1 aromatic carbocycles. The molecule has 0 bridgehead atoms. The summed E-state index contributed by atoms with van der Waals surface area (Å²) >= 11 is 5.82. The van der Waals surface area contributed by atoms with Gasteiger partial charge in [-0.1, -0.05) is 11.6 Å². The van der Waals surface area contributed by atoms with E-state index in [0.29, 0.717) is 5.76 Å². The predicted molar refractivity (Wildman–Crippen MR) is 72.2 cm³/mol. The van der Waals surface area contributed by atoms with Gasteiger partial charge in [0.1, 0.15) is 17.7 Å². The highest BCUT2D eigenvalue weighted by Crippen LogP contribution is 2.19. The number of carbonyl (C=O) groups is 1. The van der Waals surface area contributed by atoms with Crippen LogP contribution in [0.15, 0.2) is 41.0 Å². The van der Waals surface area contributed by atoms with Crippen molar-refractivity contribution in [3.05, 3.63) is 58.8 Å². The molecule has 2 aromatic rings. The highest BCUT2D eigenvalue weighted by molar-refractivity contribution is 6.33. The number of carbonyl (C=O) groups excluding carboxylic acids is 1. The van der Waals surface area contributed by atoms with Crippen molar-refractivity contribution in [2.75, 3.05) is 13.7 Å². The second kappa shape index (κ2) is 6.54. The van der Waals surface area contributed by atoms with Crippen molar-refractivity contribution in [3.63, 3.8) is 0 Å². The summed E-state index contributed by atoms with van der Waals surface area (Å²) in [5.74, 6) is -0.279. The SMILES string of the molecule is CO[C@H](CNC(=O)c1ccc(F)cc1Cl)c1ccco1. The van der Waals surface area contributed by atoms with E-state index in [1.165, 1.54) is 25.5 Å². The Kier molecular flexibility index (Phi) is 4.76. The molecule has 1 aromatic heterocycles. The molecule has 106 valence electrons. The summed E-state index contributed by atoms with van der Waals surface area (Å²) in [5.41, 5.74) is 0.211. The molecule has 0 aliphatic carbocycles. The molecule has 0 saturated heterocycles. The Morgan fingerprint density at radius 2 is 2.30 bits per heavy atom. The number of hydrogen-bond donors (Lipinski definition) is 1. The third-order valence-corrected chi connectivity index (χ3v) is 3.08. The first-order valence-corrected chi connectivity index (χ1v) is 6.29. The average molecular weight is 298 g/mol. The van der Waals surface area contributed by atoms with Crippen molar-refractivity contribution < 1.29 is 18.3 Å². The van der Waals surface area contributed by atoms with E-state index in [-0.39, 0.29) is 17.1 Å². The zero-order valence-electron chi connectivity index (χ0n) is 10.7. The topological polar surface area (TPSA) is 51.5 Å². The molecule has 6 heteroatoms. The van der Waals surface area contributed by atoms with E-state index in [1.807, 2.05) is 0 Å². The van der Waals surface area contributed by atoms with Gasteiger partial charge in [0.2, 0.25) is 0 Å². The van der Waals surface area contributed by atoms with Crippen LogP contribution in [0.2, 0.25) is 5.02 Å². The largest absolute Gasteiger partial charge is 0.467 e. The van der Waals surface area contributed by atoms with Crippen LogP contribution in [-0.4, -0.2) is 19.6 Å². The summed E-state index contributed by atoms with van der Waals surface area (Å²) in [5, 5.41) is 2.73. The van der Waals surface area contributed by atoms with E-state index in [2.05, 4.69) is 5.32 Å². The van der Waals surface area contributed by atoms with Gasteiger partial charge in [0.25, 0.3) is 5.91 Å². The number of ether oxygens (including phenoxy) is 1. The van der Waals surface area contributed by atoms with Gasteiger partial charge in [-0.15, -0.1) is 0 Å². The van der Waals surface area contributed by atoms with Crippen molar-refractivity contribution in [1.29, 1.82) is 0 Å². The lowest BCUT2D eigenvalue weighted by atomic mass is 10.2. The fraction of sp³-hybridized carbons (Fsp3) is 0.214. The van der Waals surface area contributed by atoms with Gasteiger partial charge in [-0.3, -0.25) is 4.79 Å². The molecule has 0 aliphatic rings. The highest BCUT2D eigenvalue weighted by Gasteiger charge is 2.16. The number of benzene rings is 1. The molecular formula is C14H13ClFNO3. The molecule has 0 radical (unpaired) electrons. The summed E-state index contributed by atoms with van der Waals surface area (Å²) in [6.45, 7) is 0.219. The van der Waals surface area contributed by atoms with Crippen LogP contribution in [-0.2, 0) is 4.74 Å². The number of methoxy groups -OCH3 is 1. The van der Waals surface area contributed by atoms with Crippen LogP contribution < -0.4 is 5.32 Å². The molecule has 0 fully saturated rings. The maximum atomic E-state index is 12.9. The fourth-order valence-electron chi connectivity index (χ4n) is 1.73. The summed E-state index contributed by atoms with van der Waals surface area (Å²) in [4.78, 5) is 12.0. The van der Waals surface area contributed by atoms with E-state index in [1.54, 1.807) is 12.1 Å².